The van der Waals surface area contributed by atoms with Crippen LogP contribution in [0, 0.1) is 0 Å². The van der Waals surface area contributed by atoms with Crippen molar-refractivity contribution in [1.82, 2.24) is 10.6 Å². The van der Waals surface area contributed by atoms with Gasteiger partial charge in [0.15, 0.2) is 6.10 Å². The maximum Gasteiger partial charge on any atom is 0.219 e. The van der Waals surface area contributed by atoms with Crippen LogP contribution in [0.5, 0.6) is 0 Å². The van der Waals surface area contributed by atoms with E-state index in [-0.39, 0.29) is 42.7 Å². The number of unbranched alkanes of at least 4 members (excludes halogenated alkanes) is 10. The number of hydrogen-bond donors (Lipinski definition) is 3. The fourth-order valence-corrected chi connectivity index (χ4v) is 5.16. The fraction of sp³-hybridized carbons (Fsp3) is 0.935. The molecule has 0 unspecified atom stereocenters. The number of aliphatic hydroxyl groups is 1. The zero-order valence-electron chi connectivity index (χ0n) is 27.0. The molecular formula is C31H66Cl2N4O3. The molecular weight excluding hydrogens is 547 g/mol. The standard InChI is InChI=1S/C31H64N4O3.2ClH/c1-7-9-11-13-15-17-21-30(37)32-23-19-25-34(3,4)27-29(36)28-35(5,6)26-20-24-33-31(38)22-18-16-14-12-10-8-2;;/h29,36H,7-28H2,1-6H3;2*1H. The second-order valence-corrected chi connectivity index (χ2v) is 12.8. The molecule has 0 bridgehead atoms. The molecule has 9 heteroatoms. The lowest BCUT2D eigenvalue weighted by Gasteiger charge is -2.36. The van der Waals surface area contributed by atoms with Gasteiger partial charge in [0.1, 0.15) is 13.1 Å². The number of carbonyl (C=O) groups is 2. The molecule has 0 atom stereocenters. The number of nitrogens with zero attached hydrogens (tertiary/aromatic N) is 2. The molecule has 0 heterocycles. The van der Waals surface area contributed by atoms with E-state index in [2.05, 4.69) is 52.7 Å². The van der Waals surface area contributed by atoms with Crippen molar-refractivity contribution in [2.45, 2.75) is 123 Å². The number of aliphatic hydroxyl groups excluding tert-OH is 1. The van der Waals surface area contributed by atoms with E-state index in [4.69, 9.17) is 0 Å². The molecule has 7 nitrogen and oxygen atoms in total. The highest BCUT2D eigenvalue weighted by Crippen LogP contribution is 2.09. The Kier molecular flexibility index (Phi) is 29.9. The Morgan fingerprint density at radius 1 is 0.575 bits per heavy atom. The van der Waals surface area contributed by atoms with Gasteiger partial charge in [-0.05, 0) is 12.8 Å². The third-order valence-corrected chi connectivity index (χ3v) is 7.45. The molecule has 0 aromatic heterocycles. The van der Waals surface area contributed by atoms with E-state index in [0.717, 1.165) is 60.6 Å². The third kappa shape index (κ3) is 28.9. The molecule has 0 aromatic rings. The van der Waals surface area contributed by atoms with E-state index in [1.165, 1.54) is 51.4 Å². The van der Waals surface area contributed by atoms with E-state index in [1.807, 2.05) is 0 Å². The van der Waals surface area contributed by atoms with Crippen molar-refractivity contribution in [2.24, 2.45) is 0 Å². The molecule has 3 N–H and O–H groups in total. The summed E-state index contributed by atoms with van der Waals surface area (Å²) in [4.78, 5) is 24.1. The lowest BCUT2D eigenvalue weighted by Crippen LogP contribution is -3.00. The van der Waals surface area contributed by atoms with E-state index in [9.17, 15) is 14.7 Å². The molecule has 0 saturated carbocycles. The Balaban J connectivity index is -0.00000684. The van der Waals surface area contributed by atoms with E-state index in [0.29, 0.717) is 39.0 Å². The van der Waals surface area contributed by atoms with Gasteiger partial charge in [0.2, 0.25) is 11.8 Å². The van der Waals surface area contributed by atoms with E-state index >= 15 is 0 Å². The summed E-state index contributed by atoms with van der Waals surface area (Å²) in [5.74, 6) is 0.340. The van der Waals surface area contributed by atoms with Crippen LogP contribution in [0.3, 0.4) is 0 Å². The number of amides is 2. The van der Waals surface area contributed by atoms with Crippen molar-refractivity contribution in [1.29, 1.82) is 0 Å². The van der Waals surface area contributed by atoms with Gasteiger partial charge in [0, 0.05) is 38.8 Å². The molecule has 40 heavy (non-hydrogen) atoms. The predicted octanol–water partition coefficient (Wildman–Crippen LogP) is -0.978. The van der Waals surface area contributed by atoms with Gasteiger partial charge in [-0.3, -0.25) is 9.59 Å². The van der Waals surface area contributed by atoms with Crippen molar-refractivity contribution in [3.8, 4) is 0 Å². The number of carbonyl (C=O) groups excluding carboxylic acids is 2. The van der Waals surface area contributed by atoms with Crippen molar-refractivity contribution >= 4 is 11.8 Å². The zero-order chi connectivity index (χ0) is 28.7. The van der Waals surface area contributed by atoms with Crippen molar-refractivity contribution in [2.75, 3.05) is 67.5 Å². The predicted molar refractivity (Wildman–Crippen MR) is 161 cm³/mol. The highest BCUT2D eigenvalue weighted by molar-refractivity contribution is 5.76. The van der Waals surface area contributed by atoms with Crippen LogP contribution in [-0.4, -0.2) is 99.5 Å². The molecule has 0 fully saturated rings. The summed E-state index contributed by atoms with van der Waals surface area (Å²) in [6, 6.07) is 0. The smallest absolute Gasteiger partial charge is 0.219 e. The lowest BCUT2D eigenvalue weighted by atomic mass is 10.1. The van der Waals surface area contributed by atoms with Crippen LogP contribution >= 0.6 is 0 Å². The normalized spacial score (nSPS) is 11.6. The number of likely N-dealkylation sites (N-methyl/N-ethyl adjacent to an activating group) is 2. The van der Waals surface area contributed by atoms with E-state index < -0.39 is 0 Å². The molecule has 0 saturated heterocycles. The zero-order valence-corrected chi connectivity index (χ0v) is 28.6. The highest BCUT2D eigenvalue weighted by Gasteiger charge is 2.26. The Bertz CT molecular complexity index is 557. The van der Waals surface area contributed by atoms with Crippen LogP contribution in [0.1, 0.15) is 117 Å². The molecule has 2 amide bonds. The van der Waals surface area contributed by atoms with Crippen molar-refractivity contribution in [3.63, 3.8) is 0 Å². The maximum absolute atomic E-state index is 12.0. The van der Waals surface area contributed by atoms with Gasteiger partial charge >= 0.3 is 0 Å². The summed E-state index contributed by atoms with van der Waals surface area (Å²) in [5.41, 5.74) is 0. The summed E-state index contributed by atoms with van der Waals surface area (Å²) >= 11 is 0. The average molecular weight is 614 g/mol. The number of nitrogens with one attached hydrogen (secondary N) is 2. The first kappa shape index (κ1) is 43.8. The third-order valence-electron chi connectivity index (χ3n) is 7.45. The van der Waals surface area contributed by atoms with Crippen LogP contribution in [0.15, 0.2) is 0 Å². The first-order valence-corrected chi connectivity index (χ1v) is 15.9. The first-order chi connectivity index (χ1) is 18.0. The summed E-state index contributed by atoms with van der Waals surface area (Å²) in [6.07, 6.45) is 17.1. The Labute approximate surface area is 260 Å². The fourth-order valence-electron chi connectivity index (χ4n) is 5.16. The number of halogens is 2. The highest BCUT2D eigenvalue weighted by atomic mass is 35.5. The number of rotatable bonds is 26. The summed E-state index contributed by atoms with van der Waals surface area (Å²) in [6.45, 7) is 9.09. The minimum atomic E-state index is -0.385. The molecule has 0 spiro atoms. The summed E-state index contributed by atoms with van der Waals surface area (Å²) in [5, 5.41) is 16.9. The van der Waals surface area contributed by atoms with Crippen molar-refractivity contribution in [3.05, 3.63) is 0 Å². The van der Waals surface area contributed by atoms with Gasteiger partial charge in [-0.2, -0.15) is 0 Å². The van der Waals surface area contributed by atoms with Crippen molar-refractivity contribution < 1.29 is 48.5 Å². The van der Waals surface area contributed by atoms with Gasteiger partial charge < -0.3 is 49.5 Å². The number of hydrogen-bond acceptors (Lipinski definition) is 3. The quantitative estimate of drug-likeness (QED) is 0.0868. The SMILES string of the molecule is CCCCCCCCC(=O)NCCC[N+](C)(C)CC(O)C[N+](C)(C)CCCNC(=O)CCCCCCCC.[Cl-].[Cl-]. The van der Waals surface area contributed by atoms with Crippen LogP contribution in [0.2, 0.25) is 0 Å². The molecule has 0 aliphatic rings. The largest absolute Gasteiger partial charge is 1.00 e. The molecule has 0 rings (SSSR count). The van der Waals surface area contributed by atoms with Crippen LogP contribution in [0.4, 0.5) is 0 Å². The summed E-state index contributed by atoms with van der Waals surface area (Å²) in [7, 11) is 8.61. The topological polar surface area (TPSA) is 78.4 Å². The molecule has 0 aromatic carbocycles. The van der Waals surface area contributed by atoms with Gasteiger partial charge in [0.25, 0.3) is 0 Å². The minimum Gasteiger partial charge on any atom is -1.00 e. The first-order valence-electron chi connectivity index (χ1n) is 15.9. The van der Waals surface area contributed by atoms with Crippen LogP contribution in [0.25, 0.3) is 0 Å². The molecule has 0 radical (unpaired) electrons. The Hall–Kier alpha value is -0.600. The van der Waals surface area contributed by atoms with Gasteiger partial charge in [0.05, 0.1) is 41.3 Å². The molecule has 242 valence electrons. The average Bonchev–Trinajstić information content (AvgIpc) is 2.83. The van der Waals surface area contributed by atoms with Gasteiger partial charge in [-0.1, -0.05) is 78.1 Å². The second kappa shape index (κ2) is 27.2. The minimum absolute atomic E-state index is 0. The Morgan fingerprint density at radius 2 is 0.900 bits per heavy atom. The Morgan fingerprint density at radius 3 is 1.25 bits per heavy atom. The molecule has 0 aliphatic carbocycles. The molecule has 0 aliphatic heterocycles. The van der Waals surface area contributed by atoms with Crippen LogP contribution < -0.4 is 35.4 Å². The second-order valence-electron chi connectivity index (χ2n) is 12.8. The maximum atomic E-state index is 12.0. The van der Waals surface area contributed by atoms with Gasteiger partial charge in [-0.25, -0.2) is 0 Å². The summed E-state index contributed by atoms with van der Waals surface area (Å²) < 4.78 is 1.48. The van der Waals surface area contributed by atoms with Crippen LogP contribution in [-0.2, 0) is 9.59 Å². The monoisotopic (exact) mass is 612 g/mol. The lowest BCUT2D eigenvalue weighted by molar-refractivity contribution is -0.914. The number of quaternary nitrogens is 2. The van der Waals surface area contributed by atoms with E-state index in [1.54, 1.807) is 0 Å². The van der Waals surface area contributed by atoms with Gasteiger partial charge in [-0.15, -0.1) is 0 Å².